The zero-order valence-electron chi connectivity index (χ0n) is 15.1. The van der Waals surface area contributed by atoms with Gasteiger partial charge in [0.1, 0.15) is 5.75 Å². The highest BCUT2D eigenvalue weighted by molar-refractivity contribution is 7.81. The van der Waals surface area contributed by atoms with E-state index in [-0.39, 0.29) is 23.3 Å². The molecule has 9 heteroatoms. The molecule has 2 heterocycles. The van der Waals surface area contributed by atoms with Gasteiger partial charge in [-0.15, -0.1) is 10.2 Å². The number of hydrogen-bond acceptors (Lipinski definition) is 6. The van der Waals surface area contributed by atoms with Gasteiger partial charge in [0.25, 0.3) is 0 Å². The van der Waals surface area contributed by atoms with E-state index in [1.54, 1.807) is 24.5 Å². The van der Waals surface area contributed by atoms with E-state index in [9.17, 15) is 9.32 Å². The maximum atomic E-state index is 12.0. The number of rotatable bonds is 3. The van der Waals surface area contributed by atoms with E-state index < -0.39 is 11.0 Å². The van der Waals surface area contributed by atoms with E-state index in [1.165, 1.54) is 0 Å². The zero-order valence-corrected chi connectivity index (χ0v) is 15.9. The topological polar surface area (TPSA) is 127 Å². The summed E-state index contributed by atoms with van der Waals surface area (Å²) >= 11 is 0. The molecule has 26 heavy (non-hydrogen) atoms. The molecular formula is C17H25N5O3S. The van der Waals surface area contributed by atoms with Gasteiger partial charge in [-0.25, -0.2) is 8.51 Å². The molecule has 0 bridgehead atoms. The number of phenols is 1. The second-order valence-corrected chi connectivity index (χ2v) is 7.67. The summed E-state index contributed by atoms with van der Waals surface area (Å²) in [5.41, 5.74) is 8.05. The van der Waals surface area contributed by atoms with Gasteiger partial charge in [0.15, 0.2) is 5.82 Å². The lowest BCUT2D eigenvalue weighted by Crippen LogP contribution is -2.57. The lowest BCUT2D eigenvalue weighted by molar-refractivity contribution is 0.254. The highest BCUT2D eigenvalue weighted by Crippen LogP contribution is 2.32. The summed E-state index contributed by atoms with van der Waals surface area (Å²) in [6, 6.07) is 9.11. The van der Waals surface area contributed by atoms with Crippen molar-refractivity contribution >= 4 is 22.5 Å². The van der Waals surface area contributed by atoms with Crippen molar-refractivity contribution < 1.29 is 14.8 Å². The molecule has 5 N–H and O–H groups in total. The summed E-state index contributed by atoms with van der Waals surface area (Å²) < 4.78 is 14.0. The third-order valence-corrected chi connectivity index (χ3v) is 5.77. The van der Waals surface area contributed by atoms with Crippen LogP contribution >= 0.6 is 0 Å². The fourth-order valence-electron chi connectivity index (χ4n) is 3.48. The summed E-state index contributed by atoms with van der Waals surface area (Å²) in [5.74, 6) is 0.505. The minimum absolute atomic E-state index is 0. The molecule has 1 aromatic carbocycles. The fourth-order valence-corrected chi connectivity index (χ4v) is 4.62. The summed E-state index contributed by atoms with van der Waals surface area (Å²) in [6.07, 6.45) is 1.71. The monoisotopic (exact) mass is 379 g/mol. The van der Waals surface area contributed by atoms with Gasteiger partial charge in [-0.3, -0.25) is 0 Å². The first-order valence-corrected chi connectivity index (χ1v) is 9.68. The Hall–Kier alpha value is -2.23. The quantitative estimate of drug-likeness (QED) is 0.812. The van der Waals surface area contributed by atoms with Crippen molar-refractivity contribution in [1.29, 1.82) is 0 Å². The van der Waals surface area contributed by atoms with Gasteiger partial charge in [0.05, 0.1) is 22.4 Å². The molecule has 1 fully saturated rings. The molecule has 1 aliphatic heterocycles. The molecule has 0 spiro atoms. The predicted octanol–water partition coefficient (Wildman–Crippen LogP) is 0.799. The van der Waals surface area contributed by atoms with Crippen LogP contribution in [-0.2, 0) is 11.0 Å². The number of nitrogens with two attached hydrogens (primary N) is 1. The van der Waals surface area contributed by atoms with Crippen LogP contribution in [0.2, 0.25) is 0 Å². The van der Waals surface area contributed by atoms with Gasteiger partial charge in [-0.2, -0.15) is 0 Å². The normalized spacial score (nSPS) is 21.9. The molecule has 1 saturated heterocycles. The van der Waals surface area contributed by atoms with Crippen LogP contribution in [0, 0.1) is 0 Å². The second-order valence-electron chi connectivity index (χ2n) is 6.40. The molecule has 1 aromatic heterocycles. The van der Waals surface area contributed by atoms with Crippen molar-refractivity contribution in [3.8, 4) is 17.0 Å². The fraction of sp³-hybridized carbons (Fsp3) is 0.412. The van der Waals surface area contributed by atoms with E-state index in [2.05, 4.69) is 28.9 Å². The minimum atomic E-state index is -1.01. The molecular weight excluding hydrogens is 354 g/mol. The average molecular weight is 379 g/mol. The minimum Gasteiger partial charge on any atom is -0.507 e. The molecule has 0 saturated carbocycles. The van der Waals surface area contributed by atoms with Crippen LogP contribution in [0.4, 0.5) is 11.5 Å². The van der Waals surface area contributed by atoms with E-state index >= 15 is 0 Å². The number of nitrogen functional groups attached to an aromatic ring is 1. The predicted molar refractivity (Wildman–Crippen MR) is 104 cm³/mol. The van der Waals surface area contributed by atoms with Crippen LogP contribution in [-0.4, -0.2) is 60.7 Å². The van der Waals surface area contributed by atoms with Gasteiger partial charge >= 0.3 is 0 Å². The summed E-state index contributed by atoms with van der Waals surface area (Å²) in [5, 5.41) is 18.3. The largest absolute Gasteiger partial charge is 0.507 e. The van der Waals surface area contributed by atoms with Gasteiger partial charge in [-0.1, -0.05) is 12.1 Å². The SMILES string of the molecule is C[C@H]1CN(c2cc(-c3ccccc3O)nnc2N)C[C@H](C)N1S(C)=O.O. The number of hydrogen-bond donors (Lipinski definition) is 2. The van der Waals surface area contributed by atoms with Crippen molar-refractivity contribution in [2.45, 2.75) is 25.9 Å². The number of phenolic OH excluding ortho intramolecular Hbond substituents is 1. The van der Waals surface area contributed by atoms with E-state index in [0.29, 0.717) is 30.2 Å². The molecule has 0 amide bonds. The third-order valence-electron chi connectivity index (χ3n) is 4.46. The van der Waals surface area contributed by atoms with Crippen LogP contribution in [0.15, 0.2) is 30.3 Å². The van der Waals surface area contributed by atoms with Crippen LogP contribution in [0.3, 0.4) is 0 Å². The Morgan fingerprint density at radius 3 is 2.38 bits per heavy atom. The van der Waals surface area contributed by atoms with Gasteiger partial charge < -0.3 is 21.2 Å². The zero-order chi connectivity index (χ0) is 18.1. The van der Waals surface area contributed by atoms with Crippen molar-refractivity contribution in [2.75, 3.05) is 30.0 Å². The van der Waals surface area contributed by atoms with Crippen LogP contribution in [0.25, 0.3) is 11.3 Å². The van der Waals surface area contributed by atoms with Crippen molar-refractivity contribution in [3.05, 3.63) is 30.3 Å². The smallest absolute Gasteiger partial charge is 0.169 e. The Morgan fingerprint density at radius 1 is 1.19 bits per heavy atom. The molecule has 0 aliphatic carbocycles. The molecule has 142 valence electrons. The lowest BCUT2D eigenvalue weighted by Gasteiger charge is -2.43. The third kappa shape index (κ3) is 3.79. The number of anilines is 2. The lowest BCUT2D eigenvalue weighted by atomic mass is 10.1. The molecule has 3 atom stereocenters. The van der Waals surface area contributed by atoms with E-state index in [0.717, 1.165) is 5.69 Å². The number of benzene rings is 1. The Morgan fingerprint density at radius 2 is 1.81 bits per heavy atom. The first kappa shape index (κ1) is 20.1. The van der Waals surface area contributed by atoms with Gasteiger partial charge in [-0.05, 0) is 32.0 Å². The maximum absolute atomic E-state index is 12.0. The van der Waals surface area contributed by atoms with Crippen molar-refractivity contribution in [1.82, 2.24) is 14.5 Å². The second kappa shape index (κ2) is 7.98. The first-order chi connectivity index (χ1) is 11.9. The van der Waals surface area contributed by atoms with E-state index in [1.807, 2.05) is 16.4 Å². The Kier molecular flexibility index (Phi) is 6.17. The standard InChI is InChI=1S/C17H23N5O2S.H2O/c1-11-9-21(10-12(2)22(11)25(3)24)15-8-14(19-20-17(15)18)13-6-4-5-7-16(13)23;/h4-8,11-12,23H,9-10H2,1-3H3,(H2,18,20);1H2/t11-,12-,25?;/m0./s1. The molecule has 8 nitrogen and oxygen atoms in total. The van der Waals surface area contributed by atoms with Crippen molar-refractivity contribution in [3.63, 3.8) is 0 Å². The van der Waals surface area contributed by atoms with Crippen LogP contribution in [0.5, 0.6) is 5.75 Å². The Bertz CT molecular complexity index is 792. The van der Waals surface area contributed by atoms with Gasteiger partial charge in [0.2, 0.25) is 0 Å². The summed E-state index contributed by atoms with van der Waals surface area (Å²) in [4.78, 5) is 2.15. The van der Waals surface area contributed by atoms with Crippen LogP contribution < -0.4 is 10.6 Å². The molecule has 0 radical (unpaired) electrons. The number of piperazine rings is 1. The summed E-state index contributed by atoms with van der Waals surface area (Å²) in [6.45, 7) is 5.50. The Labute approximate surface area is 155 Å². The average Bonchev–Trinajstić information content (AvgIpc) is 2.55. The van der Waals surface area contributed by atoms with Crippen LogP contribution in [0.1, 0.15) is 13.8 Å². The summed E-state index contributed by atoms with van der Waals surface area (Å²) in [7, 11) is -1.01. The van der Waals surface area contributed by atoms with Gasteiger partial charge in [0, 0.05) is 37.0 Å². The first-order valence-electron chi connectivity index (χ1n) is 8.17. The number of aromatic hydroxyl groups is 1. The highest BCUT2D eigenvalue weighted by atomic mass is 32.2. The highest BCUT2D eigenvalue weighted by Gasteiger charge is 2.32. The maximum Gasteiger partial charge on any atom is 0.169 e. The number of para-hydroxylation sites is 1. The molecule has 1 aliphatic rings. The number of aromatic nitrogens is 2. The van der Waals surface area contributed by atoms with Crippen molar-refractivity contribution in [2.24, 2.45) is 0 Å². The molecule has 2 aromatic rings. The Balaban J connectivity index is 0.00000243. The molecule has 3 rings (SSSR count). The van der Waals surface area contributed by atoms with E-state index in [4.69, 9.17) is 5.73 Å². The molecule has 1 unspecified atom stereocenters. The number of nitrogens with zero attached hydrogens (tertiary/aromatic N) is 4.